The molecule has 0 atom stereocenters. The number of nitrogen functional groups attached to an aromatic ring is 1. The number of nitrogens with one attached hydrogen (secondary N) is 1. The van der Waals surface area contributed by atoms with Gasteiger partial charge in [0.2, 0.25) is 5.95 Å². The Morgan fingerprint density at radius 1 is 1.00 bits per heavy atom. The van der Waals surface area contributed by atoms with Crippen molar-refractivity contribution in [3.8, 4) is 11.3 Å². The highest BCUT2D eigenvalue weighted by molar-refractivity contribution is 5.89. The first-order valence-electron chi connectivity index (χ1n) is 7.76. The lowest BCUT2D eigenvalue weighted by Gasteiger charge is -2.12. The molecule has 0 radical (unpaired) electrons. The van der Waals surface area contributed by atoms with E-state index in [4.69, 9.17) is 10.7 Å². The van der Waals surface area contributed by atoms with Gasteiger partial charge in [0.25, 0.3) is 0 Å². The quantitative estimate of drug-likeness (QED) is 0.772. The molecule has 3 rings (SSSR count). The van der Waals surface area contributed by atoms with Crippen LogP contribution in [0.1, 0.15) is 23.6 Å². The van der Waals surface area contributed by atoms with E-state index in [2.05, 4.69) is 48.2 Å². The molecule has 2 aromatic heterocycles. The lowest BCUT2D eigenvalue weighted by atomic mass is 9.97. The molecule has 0 saturated carbocycles. The van der Waals surface area contributed by atoms with E-state index in [9.17, 15) is 0 Å². The van der Waals surface area contributed by atoms with Crippen LogP contribution in [-0.2, 0) is 0 Å². The van der Waals surface area contributed by atoms with Crippen molar-refractivity contribution in [1.29, 1.82) is 0 Å². The van der Waals surface area contributed by atoms with E-state index in [1.807, 2.05) is 19.1 Å². The molecule has 0 spiro atoms. The maximum atomic E-state index is 5.82. The van der Waals surface area contributed by atoms with Crippen LogP contribution in [0.15, 0.2) is 24.3 Å². The molecular formula is C18H21N5. The molecule has 1 aromatic carbocycles. The van der Waals surface area contributed by atoms with Gasteiger partial charge in [-0.2, -0.15) is 9.97 Å². The molecule has 3 aromatic rings. The van der Waals surface area contributed by atoms with Gasteiger partial charge >= 0.3 is 0 Å². The average Bonchev–Trinajstić information content (AvgIpc) is 2.46. The van der Waals surface area contributed by atoms with Gasteiger partial charge in [-0.25, -0.2) is 4.98 Å². The molecule has 0 saturated heterocycles. The zero-order valence-electron chi connectivity index (χ0n) is 13.9. The average molecular weight is 307 g/mol. The largest absolute Gasteiger partial charge is 0.370 e. The molecule has 0 fully saturated rings. The number of aromatic nitrogens is 3. The van der Waals surface area contributed by atoms with E-state index in [0.29, 0.717) is 5.65 Å². The lowest BCUT2D eigenvalue weighted by Crippen LogP contribution is -2.05. The Hall–Kier alpha value is -2.69. The van der Waals surface area contributed by atoms with Crippen LogP contribution in [0.3, 0.4) is 0 Å². The first-order chi connectivity index (χ1) is 11.0. The van der Waals surface area contributed by atoms with E-state index in [0.717, 1.165) is 29.0 Å². The van der Waals surface area contributed by atoms with Crippen molar-refractivity contribution in [1.82, 2.24) is 15.0 Å². The SMILES string of the molecule is CCNc1nc(N)nc2nc(-c3c(C)cc(C)cc3C)ccc12. The van der Waals surface area contributed by atoms with Crippen molar-refractivity contribution in [3.05, 3.63) is 41.0 Å². The smallest absolute Gasteiger partial charge is 0.224 e. The van der Waals surface area contributed by atoms with E-state index in [1.165, 1.54) is 16.7 Å². The van der Waals surface area contributed by atoms with E-state index in [-0.39, 0.29) is 5.95 Å². The topological polar surface area (TPSA) is 76.7 Å². The Bertz CT molecular complexity index is 863. The molecule has 0 unspecified atom stereocenters. The maximum Gasteiger partial charge on any atom is 0.224 e. The van der Waals surface area contributed by atoms with Crippen LogP contribution in [-0.4, -0.2) is 21.5 Å². The number of aryl methyl sites for hydroxylation is 3. The van der Waals surface area contributed by atoms with Gasteiger partial charge in [0, 0.05) is 12.1 Å². The monoisotopic (exact) mass is 307 g/mol. The van der Waals surface area contributed by atoms with Crippen LogP contribution in [0.2, 0.25) is 0 Å². The van der Waals surface area contributed by atoms with Crippen LogP contribution in [0.4, 0.5) is 11.8 Å². The molecule has 5 nitrogen and oxygen atoms in total. The first kappa shape index (κ1) is 15.2. The lowest BCUT2D eigenvalue weighted by molar-refractivity contribution is 1.14. The molecule has 0 bridgehead atoms. The van der Waals surface area contributed by atoms with Crippen molar-refractivity contribution in [2.45, 2.75) is 27.7 Å². The number of benzene rings is 1. The zero-order chi connectivity index (χ0) is 16.6. The molecule has 2 heterocycles. The van der Waals surface area contributed by atoms with Gasteiger partial charge in [0.15, 0.2) is 5.65 Å². The molecule has 5 heteroatoms. The second-order valence-electron chi connectivity index (χ2n) is 5.80. The summed E-state index contributed by atoms with van der Waals surface area (Å²) >= 11 is 0. The normalized spacial score (nSPS) is 11.0. The number of nitrogens with zero attached hydrogens (tertiary/aromatic N) is 3. The number of hydrogen-bond donors (Lipinski definition) is 2. The van der Waals surface area contributed by atoms with Crippen molar-refractivity contribution < 1.29 is 0 Å². The molecule has 0 aliphatic carbocycles. The molecule has 0 aliphatic heterocycles. The second-order valence-corrected chi connectivity index (χ2v) is 5.80. The minimum Gasteiger partial charge on any atom is -0.370 e. The molecule has 0 aliphatic rings. The second kappa shape index (κ2) is 5.83. The van der Waals surface area contributed by atoms with E-state index >= 15 is 0 Å². The van der Waals surface area contributed by atoms with Gasteiger partial charge in [-0.3, -0.25) is 0 Å². The van der Waals surface area contributed by atoms with E-state index in [1.54, 1.807) is 0 Å². The van der Waals surface area contributed by atoms with Gasteiger partial charge in [-0.05, 0) is 51.0 Å². The van der Waals surface area contributed by atoms with Crippen molar-refractivity contribution in [2.75, 3.05) is 17.6 Å². The summed E-state index contributed by atoms with van der Waals surface area (Å²) in [6.07, 6.45) is 0. The third-order valence-electron chi connectivity index (χ3n) is 3.85. The molecule has 118 valence electrons. The Morgan fingerprint density at radius 2 is 1.70 bits per heavy atom. The van der Waals surface area contributed by atoms with Crippen LogP contribution < -0.4 is 11.1 Å². The third-order valence-corrected chi connectivity index (χ3v) is 3.85. The summed E-state index contributed by atoms with van der Waals surface area (Å²) in [6.45, 7) is 9.11. The standard InChI is InChI=1S/C18H21N5/c1-5-20-16-13-6-7-14(21-17(13)23-18(19)22-16)15-11(3)8-10(2)9-12(15)4/h6-9H,5H2,1-4H3,(H3,19,20,21,22,23). The fourth-order valence-corrected chi connectivity index (χ4v) is 3.05. The van der Waals surface area contributed by atoms with Crippen LogP contribution in [0, 0.1) is 20.8 Å². The van der Waals surface area contributed by atoms with Gasteiger partial charge in [-0.1, -0.05) is 17.7 Å². The summed E-state index contributed by atoms with van der Waals surface area (Å²) in [6, 6.07) is 8.38. The highest BCUT2D eigenvalue weighted by Gasteiger charge is 2.12. The van der Waals surface area contributed by atoms with E-state index < -0.39 is 0 Å². The summed E-state index contributed by atoms with van der Waals surface area (Å²) in [7, 11) is 0. The van der Waals surface area contributed by atoms with Crippen molar-refractivity contribution >= 4 is 22.8 Å². The number of rotatable bonds is 3. The highest BCUT2D eigenvalue weighted by atomic mass is 15.1. The van der Waals surface area contributed by atoms with Crippen molar-refractivity contribution in [2.24, 2.45) is 0 Å². The number of fused-ring (bicyclic) bond motifs is 1. The Kier molecular flexibility index (Phi) is 3.86. The number of pyridine rings is 1. The maximum absolute atomic E-state index is 5.82. The van der Waals surface area contributed by atoms with Gasteiger partial charge < -0.3 is 11.1 Å². The molecule has 0 amide bonds. The molecule has 23 heavy (non-hydrogen) atoms. The fraction of sp³-hybridized carbons (Fsp3) is 0.278. The zero-order valence-corrected chi connectivity index (χ0v) is 13.9. The number of hydrogen-bond acceptors (Lipinski definition) is 5. The van der Waals surface area contributed by atoms with Gasteiger partial charge in [-0.15, -0.1) is 0 Å². The number of anilines is 2. The fourth-order valence-electron chi connectivity index (χ4n) is 3.05. The third kappa shape index (κ3) is 2.82. The van der Waals surface area contributed by atoms with Crippen LogP contribution in [0.25, 0.3) is 22.3 Å². The summed E-state index contributed by atoms with van der Waals surface area (Å²) in [4.78, 5) is 13.3. The minimum absolute atomic E-state index is 0.232. The van der Waals surface area contributed by atoms with Crippen molar-refractivity contribution in [3.63, 3.8) is 0 Å². The van der Waals surface area contributed by atoms with Crippen LogP contribution in [0.5, 0.6) is 0 Å². The summed E-state index contributed by atoms with van der Waals surface area (Å²) in [5, 5.41) is 4.09. The highest BCUT2D eigenvalue weighted by Crippen LogP contribution is 2.29. The minimum atomic E-state index is 0.232. The van der Waals surface area contributed by atoms with Gasteiger partial charge in [0.1, 0.15) is 5.82 Å². The summed E-state index contributed by atoms with van der Waals surface area (Å²) in [5.41, 5.74) is 12.2. The first-order valence-corrected chi connectivity index (χ1v) is 7.76. The summed E-state index contributed by atoms with van der Waals surface area (Å²) < 4.78 is 0. The number of nitrogens with two attached hydrogens (primary N) is 1. The van der Waals surface area contributed by atoms with Crippen LogP contribution >= 0.6 is 0 Å². The predicted octanol–water partition coefficient (Wildman–Crippen LogP) is 3.63. The predicted molar refractivity (Wildman–Crippen MR) is 95.6 cm³/mol. The molecule has 3 N–H and O–H groups in total. The Balaban J connectivity index is 2.22. The Labute approximate surface area is 136 Å². The Morgan fingerprint density at radius 3 is 2.35 bits per heavy atom. The summed E-state index contributed by atoms with van der Waals surface area (Å²) in [5.74, 6) is 0.960. The van der Waals surface area contributed by atoms with Gasteiger partial charge in [0.05, 0.1) is 11.1 Å². The molecular weight excluding hydrogens is 286 g/mol.